The monoisotopic (exact) mass is 379 g/mol. The smallest absolute Gasteiger partial charge is 0.341 e. The van der Waals surface area contributed by atoms with Crippen molar-refractivity contribution in [2.24, 2.45) is 0 Å². The van der Waals surface area contributed by atoms with E-state index in [0.29, 0.717) is 18.1 Å². The zero-order valence-electron chi connectivity index (χ0n) is 16.0. The predicted molar refractivity (Wildman–Crippen MR) is 111 cm³/mol. The van der Waals surface area contributed by atoms with Crippen molar-refractivity contribution in [3.05, 3.63) is 54.5 Å². The number of nitrogens with zero attached hydrogens (tertiary/aromatic N) is 3. The summed E-state index contributed by atoms with van der Waals surface area (Å²) in [6.07, 6.45) is 8.08. The quantitative estimate of drug-likeness (QED) is 0.408. The van der Waals surface area contributed by atoms with Gasteiger partial charge in [0.25, 0.3) is 0 Å². The Morgan fingerprint density at radius 3 is 2.50 bits per heavy atom. The molecular formula is C21H25N5O2. The van der Waals surface area contributed by atoms with Crippen LogP contribution in [0.3, 0.4) is 0 Å². The molecule has 3 aromatic rings. The molecule has 0 bridgehead atoms. The Kier molecular flexibility index (Phi) is 7.12. The van der Waals surface area contributed by atoms with Gasteiger partial charge in [0.05, 0.1) is 17.8 Å². The predicted octanol–water partition coefficient (Wildman–Crippen LogP) is 3.90. The Labute approximate surface area is 164 Å². The lowest BCUT2D eigenvalue weighted by Crippen LogP contribution is -2.12. The number of aromatic nitrogens is 3. The fourth-order valence-corrected chi connectivity index (χ4v) is 2.93. The highest BCUT2D eigenvalue weighted by Crippen LogP contribution is 2.26. The van der Waals surface area contributed by atoms with E-state index >= 15 is 0 Å². The summed E-state index contributed by atoms with van der Waals surface area (Å²) in [6.45, 7) is 3.73. The van der Waals surface area contributed by atoms with Crippen LogP contribution in [0.5, 0.6) is 0 Å². The van der Waals surface area contributed by atoms with Gasteiger partial charge in [0, 0.05) is 37.1 Å². The summed E-state index contributed by atoms with van der Waals surface area (Å²) in [5.41, 5.74) is 2.12. The minimum Gasteiger partial charge on any atom is -0.462 e. The van der Waals surface area contributed by atoms with E-state index in [1.54, 1.807) is 31.6 Å². The number of benzene rings is 1. The summed E-state index contributed by atoms with van der Waals surface area (Å²) >= 11 is 0. The van der Waals surface area contributed by atoms with Crippen LogP contribution in [0.15, 0.2) is 48.9 Å². The van der Waals surface area contributed by atoms with Gasteiger partial charge in [-0.15, -0.1) is 0 Å². The SMILES string of the molecule is CCOC(=O)c1cnc2ccccc2c1NCCCCCNc1ncccn1. The first kappa shape index (κ1) is 19.5. The summed E-state index contributed by atoms with van der Waals surface area (Å²) in [7, 11) is 0. The highest BCUT2D eigenvalue weighted by molar-refractivity contribution is 6.04. The number of unbranched alkanes of at least 4 members (excludes halogenated alkanes) is 2. The molecule has 0 aliphatic rings. The summed E-state index contributed by atoms with van der Waals surface area (Å²) < 4.78 is 5.18. The van der Waals surface area contributed by atoms with Crippen LogP contribution < -0.4 is 10.6 Å². The van der Waals surface area contributed by atoms with Crippen molar-refractivity contribution >= 4 is 28.5 Å². The maximum atomic E-state index is 12.3. The standard InChI is InChI=1S/C21H25N5O2/c1-2-28-20(27)17-15-26-18-10-5-4-9-16(18)19(17)22-11-6-3-7-12-23-21-24-13-8-14-25-21/h4-5,8-10,13-15H,2-3,6-7,11-12H2,1H3,(H,22,26)(H,23,24,25). The van der Waals surface area contributed by atoms with Crippen LogP contribution >= 0.6 is 0 Å². The number of rotatable bonds is 10. The number of hydrogen-bond donors (Lipinski definition) is 2. The van der Waals surface area contributed by atoms with Gasteiger partial charge in [0.15, 0.2) is 0 Å². The highest BCUT2D eigenvalue weighted by Gasteiger charge is 2.16. The molecule has 0 spiro atoms. The number of anilines is 2. The number of esters is 1. The molecule has 1 aromatic carbocycles. The van der Waals surface area contributed by atoms with Gasteiger partial charge >= 0.3 is 5.97 Å². The van der Waals surface area contributed by atoms with Crippen molar-refractivity contribution in [1.82, 2.24) is 15.0 Å². The van der Waals surface area contributed by atoms with Gasteiger partial charge in [-0.1, -0.05) is 18.2 Å². The minimum atomic E-state index is -0.352. The second-order valence-corrected chi connectivity index (χ2v) is 6.27. The van der Waals surface area contributed by atoms with Crippen LogP contribution in [-0.2, 0) is 4.74 Å². The van der Waals surface area contributed by atoms with E-state index in [-0.39, 0.29) is 5.97 Å². The van der Waals surface area contributed by atoms with E-state index in [1.807, 2.05) is 24.3 Å². The van der Waals surface area contributed by atoms with Crippen molar-refractivity contribution in [2.75, 3.05) is 30.3 Å². The third-order valence-electron chi connectivity index (χ3n) is 4.28. The molecular weight excluding hydrogens is 354 g/mol. The number of carbonyl (C=O) groups excluding carboxylic acids is 1. The molecule has 7 heteroatoms. The van der Waals surface area contributed by atoms with Gasteiger partial charge < -0.3 is 15.4 Å². The van der Waals surface area contributed by atoms with Gasteiger partial charge in [0.1, 0.15) is 5.56 Å². The largest absolute Gasteiger partial charge is 0.462 e. The average Bonchev–Trinajstić information content (AvgIpc) is 2.74. The molecule has 0 radical (unpaired) electrons. The molecule has 0 amide bonds. The molecule has 0 saturated heterocycles. The lowest BCUT2D eigenvalue weighted by atomic mass is 10.1. The normalized spacial score (nSPS) is 10.6. The third kappa shape index (κ3) is 5.16. The average molecular weight is 379 g/mol. The van der Waals surface area contributed by atoms with Crippen molar-refractivity contribution in [1.29, 1.82) is 0 Å². The maximum absolute atomic E-state index is 12.3. The molecule has 2 N–H and O–H groups in total. The first-order valence-corrected chi connectivity index (χ1v) is 9.59. The van der Waals surface area contributed by atoms with E-state index in [9.17, 15) is 4.79 Å². The molecule has 2 aromatic heterocycles. The van der Waals surface area contributed by atoms with Crippen LogP contribution in [0.25, 0.3) is 10.9 Å². The van der Waals surface area contributed by atoms with Gasteiger partial charge in [-0.05, 0) is 38.3 Å². The van der Waals surface area contributed by atoms with Gasteiger partial charge in [-0.25, -0.2) is 14.8 Å². The fourth-order valence-electron chi connectivity index (χ4n) is 2.93. The summed E-state index contributed by atoms with van der Waals surface area (Å²) in [5, 5.41) is 7.55. The Balaban J connectivity index is 1.54. The fraction of sp³-hybridized carbons (Fsp3) is 0.333. The summed E-state index contributed by atoms with van der Waals surface area (Å²) in [6, 6.07) is 9.59. The van der Waals surface area contributed by atoms with E-state index < -0.39 is 0 Å². The van der Waals surface area contributed by atoms with E-state index in [4.69, 9.17) is 4.74 Å². The second-order valence-electron chi connectivity index (χ2n) is 6.27. The molecule has 0 aliphatic carbocycles. The molecule has 0 unspecified atom stereocenters. The number of fused-ring (bicyclic) bond motifs is 1. The number of ether oxygens (including phenoxy) is 1. The first-order valence-electron chi connectivity index (χ1n) is 9.59. The first-order chi connectivity index (χ1) is 13.8. The maximum Gasteiger partial charge on any atom is 0.341 e. The highest BCUT2D eigenvalue weighted by atomic mass is 16.5. The molecule has 28 heavy (non-hydrogen) atoms. The number of hydrogen-bond acceptors (Lipinski definition) is 7. The molecule has 3 rings (SSSR count). The molecule has 7 nitrogen and oxygen atoms in total. The van der Waals surface area contributed by atoms with Crippen LogP contribution in [0.1, 0.15) is 36.5 Å². The number of carbonyl (C=O) groups is 1. The zero-order valence-corrected chi connectivity index (χ0v) is 16.0. The van der Waals surface area contributed by atoms with Gasteiger partial charge in [-0.3, -0.25) is 4.98 Å². The Morgan fingerprint density at radius 1 is 0.964 bits per heavy atom. The Morgan fingerprint density at radius 2 is 1.71 bits per heavy atom. The van der Waals surface area contributed by atoms with Gasteiger partial charge in [-0.2, -0.15) is 0 Å². The van der Waals surface area contributed by atoms with E-state index in [1.165, 1.54) is 0 Å². The van der Waals surface area contributed by atoms with Crippen LogP contribution in [0.4, 0.5) is 11.6 Å². The van der Waals surface area contributed by atoms with E-state index in [2.05, 4.69) is 25.6 Å². The van der Waals surface area contributed by atoms with Crippen molar-refractivity contribution in [3.8, 4) is 0 Å². The second kappa shape index (κ2) is 10.2. The molecule has 2 heterocycles. The number of pyridine rings is 1. The van der Waals surface area contributed by atoms with Crippen molar-refractivity contribution in [3.63, 3.8) is 0 Å². The lowest BCUT2D eigenvalue weighted by molar-refractivity contribution is 0.0527. The van der Waals surface area contributed by atoms with Crippen LogP contribution in [0, 0.1) is 0 Å². The molecule has 0 atom stereocenters. The third-order valence-corrected chi connectivity index (χ3v) is 4.28. The van der Waals surface area contributed by atoms with E-state index in [0.717, 1.165) is 48.9 Å². The molecule has 146 valence electrons. The van der Waals surface area contributed by atoms with Crippen molar-refractivity contribution in [2.45, 2.75) is 26.2 Å². The van der Waals surface area contributed by atoms with Gasteiger partial charge in [0.2, 0.25) is 5.95 Å². The topological polar surface area (TPSA) is 89.0 Å². The molecule has 0 fully saturated rings. The van der Waals surface area contributed by atoms with Crippen LogP contribution in [-0.4, -0.2) is 40.6 Å². The summed E-state index contributed by atoms with van der Waals surface area (Å²) in [4.78, 5) is 25.0. The minimum absolute atomic E-state index is 0.337. The Hall–Kier alpha value is -3.22. The lowest BCUT2D eigenvalue weighted by Gasteiger charge is -2.14. The Bertz CT molecular complexity index is 902. The molecule has 0 saturated carbocycles. The number of para-hydroxylation sites is 1. The van der Waals surface area contributed by atoms with Crippen molar-refractivity contribution < 1.29 is 9.53 Å². The number of nitrogens with one attached hydrogen (secondary N) is 2. The molecule has 0 aliphatic heterocycles. The summed E-state index contributed by atoms with van der Waals surface area (Å²) in [5.74, 6) is 0.304. The van der Waals surface area contributed by atoms with Crippen LogP contribution in [0.2, 0.25) is 0 Å². The zero-order chi connectivity index (χ0) is 19.6.